The van der Waals surface area contributed by atoms with E-state index in [9.17, 15) is 10.1 Å². The number of hydrogen-bond acceptors (Lipinski definition) is 4. The molecule has 3 aromatic rings. The molecular formula is C20H17ClN4O. The molecule has 0 N–H and O–H groups in total. The Bertz CT molecular complexity index is 959. The second kappa shape index (κ2) is 7.94. The van der Waals surface area contributed by atoms with E-state index in [1.165, 1.54) is 0 Å². The molecule has 0 radical (unpaired) electrons. The third kappa shape index (κ3) is 3.66. The molecule has 0 fully saturated rings. The molecule has 0 aliphatic carbocycles. The molecule has 6 heteroatoms. The van der Waals surface area contributed by atoms with Gasteiger partial charge in [0.2, 0.25) is 0 Å². The highest BCUT2D eigenvalue weighted by Crippen LogP contribution is 2.23. The number of ketones is 1. The summed E-state index contributed by atoms with van der Waals surface area (Å²) in [6, 6.07) is 19.0. The molecule has 3 rings (SSSR count). The Balaban J connectivity index is 1.79. The molecule has 0 saturated heterocycles. The molecule has 1 atom stereocenters. The summed E-state index contributed by atoms with van der Waals surface area (Å²) < 4.78 is 1.70. The van der Waals surface area contributed by atoms with Gasteiger partial charge >= 0.3 is 0 Å². The van der Waals surface area contributed by atoms with Crippen LogP contribution in [0.15, 0.2) is 54.6 Å². The van der Waals surface area contributed by atoms with Crippen LogP contribution in [0, 0.1) is 11.3 Å². The molecule has 0 spiro atoms. The zero-order valence-corrected chi connectivity index (χ0v) is 15.0. The zero-order chi connectivity index (χ0) is 18.5. The molecule has 130 valence electrons. The lowest BCUT2D eigenvalue weighted by Crippen LogP contribution is -2.16. The number of halogens is 1. The Morgan fingerprint density at radius 3 is 2.54 bits per heavy atom. The maximum absolute atomic E-state index is 12.6. The van der Waals surface area contributed by atoms with Crippen LogP contribution in [0.1, 0.15) is 23.7 Å². The van der Waals surface area contributed by atoms with Crippen molar-refractivity contribution in [3.63, 3.8) is 0 Å². The molecule has 0 amide bonds. The van der Waals surface area contributed by atoms with Crippen molar-refractivity contribution in [2.45, 2.75) is 18.8 Å². The van der Waals surface area contributed by atoms with Gasteiger partial charge < -0.3 is 4.57 Å². The normalized spacial score (nSPS) is 11.7. The average Bonchev–Trinajstić information content (AvgIpc) is 3.04. The SMILES string of the molecule is Cn1c(-c2ccccc2)nnc1C(C#N)C(=O)CCc1ccccc1Cl. The first-order chi connectivity index (χ1) is 12.6. The summed E-state index contributed by atoms with van der Waals surface area (Å²) in [5.41, 5.74) is 1.77. The molecule has 0 bridgehead atoms. The molecule has 0 aliphatic heterocycles. The predicted molar refractivity (Wildman–Crippen MR) is 99.6 cm³/mol. The maximum atomic E-state index is 12.6. The van der Waals surface area contributed by atoms with Crippen LogP contribution in [0.5, 0.6) is 0 Å². The van der Waals surface area contributed by atoms with Crippen LogP contribution in [0.3, 0.4) is 0 Å². The fourth-order valence-corrected chi connectivity index (χ4v) is 3.04. The van der Waals surface area contributed by atoms with Gasteiger partial charge in [-0.15, -0.1) is 10.2 Å². The summed E-state index contributed by atoms with van der Waals surface area (Å²) in [4.78, 5) is 12.6. The Kier molecular flexibility index (Phi) is 5.45. The average molecular weight is 365 g/mol. The molecule has 0 saturated carbocycles. The smallest absolute Gasteiger partial charge is 0.164 e. The van der Waals surface area contributed by atoms with E-state index in [1.54, 1.807) is 17.7 Å². The minimum Gasteiger partial charge on any atom is -0.313 e. The van der Waals surface area contributed by atoms with Crippen molar-refractivity contribution >= 4 is 17.4 Å². The van der Waals surface area contributed by atoms with E-state index in [0.29, 0.717) is 23.1 Å². The monoisotopic (exact) mass is 364 g/mol. The Morgan fingerprint density at radius 1 is 1.15 bits per heavy atom. The van der Waals surface area contributed by atoms with Crippen LogP contribution < -0.4 is 0 Å². The summed E-state index contributed by atoms with van der Waals surface area (Å²) >= 11 is 6.13. The molecule has 0 aliphatic rings. The lowest BCUT2D eigenvalue weighted by atomic mass is 9.98. The third-order valence-electron chi connectivity index (χ3n) is 4.25. The predicted octanol–water partition coefficient (Wildman–Crippen LogP) is 3.94. The van der Waals surface area contributed by atoms with Gasteiger partial charge in [-0.3, -0.25) is 4.79 Å². The van der Waals surface area contributed by atoms with Crippen molar-refractivity contribution in [1.82, 2.24) is 14.8 Å². The van der Waals surface area contributed by atoms with Crippen molar-refractivity contribution in [1.29, 1.82) is 5.26 Å². The second-order valence-corrected chi connectivity index (χ2v) is 6.33. The quantitative estimate of drug-likeness (QED) is 0.664. The molecule has 2 aromatic carbocycles. The summed E-state index contributed by atoms with van der Waals surface area (Å²) in [5.74, 6) is -0.162. The van der Waals surface area contributed by atoms with Gasteiger partial charge in [0, 0.05) is 24.1 Å². The van der Waals surface area contributed by atoms with E-state index in [2.05, 4.69) is 16.3 Å². The van der Waals surface area contributed by atoms with Crippen molar-refractivity contribution in [3.8, 4) is 17.5 Å². The first kappa shape index (κ1) is 17.8. The number of carbonyl (C=O) groups excluding carboxylic acids is 1. The number of nitriles is 1. The van der Waals surface area contributed by atoms with Crippen LogP contribution in [0.4, 0.5) is 0 Å². The maximum Gasteiger partial charge on any atom is 0.164 e. The molecular weight excluding hydrogens is 348 g/mol. The van der Waals surface area contributed by atoms with Crippen LogP contribution in [0.2, 0.25) is 5.02 Å². The number of aryl methyl sites for hydroxylation is 1. The minimum atomic E-state index is -0.951. The lowest BCUT2D eigenvalue weighted by molar-refractivity contribution is -0.119. The van der Waals surface area contributed by atoms with E-state index in [0.717, 1.165) is 11.1 Å². The number of aromatic nitrogens is 3. The Labute approximate surface area is 156 Å². The van der Waals surface area contributed by atoms with Crippen molar-refractivity contribution in [2.24, 2.45) is 7.05 Å². The fraction of sp³-hybridized carbons (Fsp3) is 0.200. The summed E-state index contributed by atoms with van der Waals surface area (Å²) in [7, 11) is 1.77. The van der Waals surface area contributed by atoms with E-state index in [-0.39, 0.29) is 12.2 Å². The number of nitrogens with zero attached hydrogens (tertiary/aromatic N) is 4. The Morgan fingerprint density at radius 2 is 1.85 bits per heavy atom. The topological polar surface area (TPSA) is 71.6 Å². The van der Waals surface area contributed by atoms with Gasteiger partial charge in [0.1, 0.15) is 0 Å². The van der Waals surface area contributed by atoms with E-state index in [4.69, 9.17) is 11.6 Å². The van der Waals surface area contributed by atoms with E-state index in [1.807, 2.05) is 48.5 Å². The second-order valence-electron chi connectivity index (χ2n) is 5.93. The van der Waals surface area contributed by atoms with Crippen LogP contribution >= 0.6 is 11.6 Å². The Hall–Kier alpha value is -2.97. The van der Waals surface area contributed by atoms with Gasteiger partial charge in [-0.1, -0.05) is 60.1 Å². The number of hydrogen-bond donors (Lipinski definition) is 0. The number of Topliss-reactive ketones (excluding diaryl/α,β-unsaturated/α-hetero) is 1. The highest BCUT2D eigenvalue weighted by Gasteiger charge is 2.26. The minimum absolute atomic E-state index is 0.192. The van der Waals surface area contributed by atoms with Crippen molar-refractivity contribution in [2.75, 3.05) is 0 Å². The van der Waals surface area contributed by atoms with Gasteiger partial charge in [-0.25, -0.2) is 0 Å². The van der Waals surface area contributed by atoms with Crippen LogP contribution in [-0.2, 0) is 18.3 Å². The van der Waals surface area contributed by atoms with E-state index < -0.39 is 5.92 Å². The van der Waals surface area contributed by atoms with E-state index >= 15 is 0 Å². The van der Waals surface area contributed by atoms with Gasteiger partial charge in [0.05, 0.1) is 6.07 Å². The van der Waals surface area contributed by atoms with Gasteiger partial charge in [0.15, 0.2) is 23.3 Å². The molecule has 1 unspecified atom stereocenters. The molecule has 26 heavy (non-hydrogen) atoms. The highest BCUT2D eigenvalue weighted by atomic mass is 35.5. The summed E-state index contributed by atoms with van der Waals surface area (Å²) in [6.07, 6.45) is 0.704. The third-order valence-corrected chi connectivity index (χ3v) is 4.62. The van der Waals surface area contributed by atoms with Crippen molar-refractivity contribution < 1.29 is 4.79 Å². The molecule has 1 heterocycles. The standard InChI is InChI=1S/C20H17ClN4O/c1-25-19(15-8-3-2-4-9-15)23-24-20(25)16(13-22)18(26)12-11-14-7-5-6-10-17(14)21/h2-10,16H,11-12H2,1H3. The first-order valence-corrected chi connectivity index (χ1v) is 8.60. The number of benzene rings is 2. The largest absolute Gasteiger partial charge is 0.313 e. The molecule has 1 aromatic heterocycles. The summed E-state index contributed by atoms with van der Waals surface area (Å²) in [6.45, 7) is 0. The first-order valence-electron chi connectivity index (χ1n) is 8.22. The van der Waals surface area contributed by atoms with Crippen molar-refractivity contribution in [3.05, 3.63) is 71.0 Å². The zero-order valence-electron chi connectivity index (χ0n) is 14.3. The summed E-state index contributed by atoms with van der Waals surface area (Å²) in [5, 5.41) is 18.4. The van der Waals surface area contributed by atoms with Crippen LogP contribution in [0.25, 0.3) is 11.4 Å². The lowest BCUT2D eigenvalue weighted by Gasteiger charge is -2.09. The number of rotatable bonds is 6. The van der Waals surface area contributed by atoms with Gasteiger partial charge in [0.25, 0.3) is 0 Å². The fourth-order valence-electron chi connectivity index (χ4n) is 2.81. The van der Waals surface area contributed by atoms with Gasteiger partial charge in [-0.2, -0.15) is 5.26 Å². The highest BCUT2D eigenvalue weighted by molar-refractivity contribution is 6.31. The number of carbonyl (C=O) groups is 1. The molecule has 5 nitrogen and oxygen atoms in total. The van der Waals surface area contributed by atoms with Gasteiger partial charge in [-0.05, 0) is 18.1 Å². The van der Waals surface area contributed by atoms with Crippen LogP contribution in [-0.4, -0.2) is 20.5 Å².